The second kappa shape index (κ2) is 10.00. The number of allylic oxidation sites excluding steroid dienone is 2. The van der Waals surface area contributed by atoms with Gasteiger partial charge in [0, 0.05) is 37.3 Å². The molecule has 5 rings (SSSR count). The zero-order valence-corrected chi connectivity index (χ0v) is 20.4. The van der Waals surface area contributed by atoms with Crippen molar-refractivity contribution in [3.8, 4) is 11.8 Å². The summed E-state index contributed by atoms with van der Waals surface area (Å²) in [7, 11) is 0. The van der Waals surface area contributed by atoms with Crippen molar-refractivity contribution in [3.63, 3.8) is 0 Å². The van der Waals surface area contributed by atoms with Crippen molar-refractivity contribution in [3.05, 3.63) is 64.5 Å². The highest BCUT2D eigenvalue weighted by Gasteiger charge is 2.23. The number of anilines is 2. The first-order valence-corrected chi connectivity index (χ1v) is 12.2. The van der Waals surface area contributed by atoms with Gasteiger partial charge in [0.05, 0.1) is 6.54 Å². The SMILES string of the molecule is C/C=C/C1=CC(Nc2cc(N3CCNC(CC)C3)nc(Oc3ccc4c(c3F)C=C(C)C4)n2)=NC1. The van der Waals surface area contributed by atoms with Crippen molar-refractivity contribution in [1.82, 2.24) is 15.3 Å². The average molecular weight is 475 g/mol. The maximum atomic E-state index is 15.2. The van der Waals surface area contributed by atoms with Gasteiger partial charge in [0.1, 0.15) is 17.5 Å². The van der Waals surface area contributed by atoms with Crippen LogP contribution in [0.2, 0.25) is 0 Å². The van der Waals surface area contributed by atoms with Gasteiger partial charge >= 0.3 is 6.01 Å². The van der Waals surface area contributed by atoms with Gasteiger partial charge in [-0.25, -0.2) is 4.39 Å². The van der Waals surface area contributed by atoms with Gasteiger partial charge in [-0.1, -0.05) is 36.8 Å². The molecule has 1 fully saturated rings. The molecule has 3 aliphatic rings. The Morgan fingerprint density at radius 1 is 1.29 bits per heavy atom. The number of aromatic nitrogens is 2. The topological polar surface area (TPSA) is 74.7 Å². The lowest BCUT2D eigenvalue weighted by Gasteiger charge is -2.34. The van der Waals surface area contributed by atoms with E-state index in [4.69, 9.17) is 4.74 Å². The molecule has 1 saturated heterocycles. The van der Waals surface area contributed by atoms with Crippen LogP contribution in [0.4, 0.5) is 16.0 Å². The zero-order valence-electron chi connectivity index (χ0n) is 20.4. The number of ether oxygens (including phenoxy) is 1. The van der Waals surface area contributed by atoms with Gasteiger partial charge in [-0.3, -0.25) is 4.99 Å². The van der Waals surface area contributed by atoms with Gasteiger partial charge in [0.2, 0.25) is 0 Å². The Morgan fingerprint density at radius 2 is 2.17 bits per heavy atom. The number of halogens is 1. The minimum Gasteiger partial charge on any atom is -0.421 e. The molecular formula is C27H31FN6O. The van der Waals surface area contributed by atoms with Crippen LogP contribution in [0.15, 0.2) is 52.6 Å². The van der Waals surface area contributed by atoms with Gasteiger partial charge in [-0.05, 0) is 50.0 Å². The fraction of sp³-hybridized carbons (Fsp3) is 0.370. The molecule has 1 unspecified atom stereocenters. The maximum Gasteiger partial charge on any atom is 0.326 e. The molecule has 1 aliphatic carbocycles. The average Bonchev–Trinajstić information content (AvgIpc) is 3.47. The lowest BCUT2D eigenvalue weighted by atomic mass is 10.1. The molecule has 1 aromatic heterocycles. The van der Waals surface area contributed by atoms with Crippen LogP contribution in [0.3, 0.4) is 0 Å². The van der Waals surface area contributed by atoms with Crippen LogP contribution in [0.5, 0.6) is 11.8 Å². The van der Waals surface area contributed by atoms with E-state index in [1.54, 1.807) is 6.07 Å². The van der Waals surface area contributed by atoms with Gasteiger partial charge in [-0.2, -0.15) is 9.97 Å². The van der Waals surface area contributed by atoms with Crippen LogP contribution >= 0.6 is 0 Å². The first kappa shape index (κ1) is 23.2. The lowest BCUT2D eigenvalue weighted by Crippen LogP contribution is -2.50. The molecule has 0 bridgehead atoms. The monoisotopic (exact) mass is 474 g/mol. The summed E-state index contributed by atoms with van der Waals surface area (Å²) in [5.74, 6) is 1.77. The maximum absolute atomic E-state index is 15.2. The van der Waals surface area contributed by atoms with Crippen molar-refractivity contribution in [2.45, 2.75) is 39.7 Å². The summed E-state index contributed by atoms with van der Waals surface area (Å²) in [5.41, 5.74) is 3.81. The largest absolute Gasteiger partial charge is 0.421 e. The van der Waals surface area contributed by atoms with Gasteiger partial charge < -0.3 is 20.3 Å². The van der Waals surface area contributed by atoms with E-state index in [-0.39, 0.29) is 17.6 Å². The minimum atomic E-state index is -0.379. The molecule has 182 valence electrons. The summed E-state index contributed by atoms with van der Waals surface area (Å²) in [5, 5.41) is 6.81. The fourth-order valence-corrected chi connectivity index (χ4v) is 4.65. The minimum absolute atomic E-state index is 0.102. The second-order valence-electron chi connectivity index (χ2n) is 9.16. The number of hydrogen-bond acceptors (Lipinski definition) is 7. The van der Waals surface area contributed by atoms with Gasteiger partial charge in [0.25, 0.3) is 0 Å². The van der Waals surface area contributed by atoms with Gasteiger partial charge in [0.15, 0.2) is 11.6 Å². The van der Waals surface area contributed by atoms with Crippen molar-refractivity contribution < 1.29 is 9.13 Å². The molecule has 1 atom stereocenters. The van der Waals surface area contributed by atoms with Crippen LogP contribution < -0.4 is 20.3 Å². The van der Waals surface area contributed by atoms with E-state index in [1.165, 1.54) is 0 Å². The number of piperazine rings is 1. The van der Waals surface area contributed by atoms with E-state index in [0.29, 0.717) is 24.0 Å². The standard InChI is InChI=1S/C27H31FN6O/c1-4-6-18-13-23(30-15-18)31-24-14-25(34-10-9-29-20(5-2)16-34)33-27(32-24)35-22-8-7-19-11-17(3)12-21(19)26(22)28/h4,6-8,12-14,20,29H,5,9-11,15-16H2,1-3H3,(H,30,31,32,33)/b6-4+. The molecule has 0 spiro atoms. The number of benzene rings is 1. The Balaban J connectivity index is 1.46. The number of nitrogens with one attached hydrogen (secondary N) is 2. The van der Waals surface area contributed by atoms with E-state index in [9.17, 15) is 0 Å². The predicted molar refractivity (Wildman–Crippen MR) is 139 cm³/mol. The fourth-order valence-electron chi connectivity index (χ4n) is 4.65. The van der Waals surface area contributed by atoms with Crippen molar-refractivity contribution in [1.29, 1.82) is 0 Å². The number of amidine groups is 1. The second-order valence-corrected chi connectivity index (χ2v) is 9.16. The van der Waals surface area contributed by atoms with Crippen molar-refractivity contribution in [2.75, 3.05) is 36.4 Å². The third-order valence-electron chi connectivity index (χ3n) is 6.45. The number of rotatable bonds is 6. The third kappa shape index (κ3) is 5.12. The molecule has 0 radical (unpaired) electrons. The summed E-state index contributed by atoms with van der Waals surface area (Å²) in [6.45, 7) is 9.29. The third-order valence-corrected chi connectivity index (χ3v) is 6.45. The van der Waals surface area contributed by atoms with E-state index in [2.05, 4.69) is 37.4 Å². The molecule has 1 aromatic carbocycles. The molecule has 0 saturated carbocycles. The van der Waals surface area contributed by atoms with Crippen molar-refractivity contribution >= 4 is 23.5 Å². The van der Waals surface area contributed by atoms with E-state index >= 15 is 4.39 Å². The van der Waals surface area contributed by atoms with Crippen LogP contribution in [0, 0.1) is 5.82 Å². The Morgan fingerprint density at radius 3 is 3.00 bits per heavy atom. The molecule has 3 heterocycles. The molecule has 35 heavy (non-hydrogen) atoms. The summed E-state index contributed by atoms with van der Waals surface area (Å²) >= 11 is 0. The first-order chi connectivity index (χ1) is 17.0. The quantitative estimate of drug-likeness (QED) is 0.622. The highest BCUT2D eigenvalue weighted by atomic mass is 19.1. The molecule has 7 nitrogen and oxygen atoms in total. The summed E-state index contributed by atoms with van der Waals surface area (Å²) in [6.07, 6.45) is 9.69. The predicted octanol–water partition coefficient (Wildman–Crippen LogP) is 4.88. The van der Waals surface area contributed by atoms with E-state index in [0.717, 1.165) is 60.8 Å². The molecule has 0 amide bonds. The summed E-state index contributed by atoms with van der Waals surface area (Å²) < 4.78 is 21.2. The zero-order chi connectivity index (χ0) is 24.4. The van der Waals surface area contributed by atoms with Crippen LogP contribution in [0.1, 0.15) is 38.3 Å². The Bertz CT molecular complexity index is 1250. The lowest BCUT2D eigenvalue weighted by molar-refractivity contribution is 0.407. The number of nitrogens with zero attached hydrogens (tertiary/aromatic N) is 4. The highest BCUT2D eigenvalue weighted by molar-refractivity contribution is 6.05. The number of hydrogen-bond donors (Lipinski definition) is 2. The summed E-state index contributed by atoms with van der Waals surface area (Å²) in [4.78, 5) is 16.0. The number of fused-ring (bicyclic) bond motifs is 1. The number of aliphatic imine (C=N–C) groups is 1. The van der Waals surface area contributed by atoms with Crippen LogP contribution in [-0.2, 0) is 6.42 Å². The highest BCUT2D eigenvalue weighted by Crippen LogP contribution is 2.34. The smallest absolute Gasteiger partial charge is 0.326 e. The summed E-state index contributed by atoms with van der Waals surface area (Å²) in [6, 6.07) is 5.96. The molecule has 2 N–H and O–H groups in total. The van der Waals surface area contributed by atoms with Crippen LogP contribution in [-0.4, -0.2) is 48.0 Å². The van der Waals surface area contributed by atoms with Gasteiger partial charge in [-0.15, -0.1) is 0 Å². The molecule has 2 aromatic rings. The Hall–Kier alpha value is -3.52. The normalized spacial score (nSPS) is 19.5. The van der Waals surface area contributed by atoms with E-state index in [1.807, 2.05) is 50.3 Å². The molecular weight excluding hydrogens is 443 g/mol. The Kier molecular flexibility index (Phi) is 6.63. The van der Waals surface area contributed by atoms with Crippen molar-refractivity contribution in [2.24, 2.45) is 4.99 Å². The first-order valence-electron chi connectivity index (χ1n) is 12.2. The Labute approximate surface area is 205 Å². The van der Waals surface area contributed by atoms with E-state index < -0.39 is 0 Å². The molecule has 2 aliphatic heterocycles. The van der Waals surface area contributed by atoms with Crippen LogP contribution in [0.25, 0.3) is 6.08 Å². The molecule has 8 heteroatoms.